The van der Waals surface area contributed by atoms with Gasteiger partial charge in [-0.25, -0.2) is 0 Å². The molecule has 0 saturated carbocycles. The first-order valence-electron chi connectivity index (χ1n) is 5.66. The molecule has 1 saturated heterocycles. The van der Waals surface area contributed by atoms with E-state index in [-0.39, 0.29) is 24.1 Å². The molecule has 4 heteroatoms. The number of carbonyl (C=O) groups excluding carboxylic acids is 1. The van der Waals surface area contributed by atoms with Crippen LogP contribution >= 0.6 is 0 Å². The average molecular weight is 214 g/mol. The van der Waals surface area contributed by atoms with Gasteiger partial charge in [0.05, 0.1) is 0 Å². The third kappa shape index (κ3) is 2.69. The van der Waals surface area contributed by atoms with Crippen molar-refractivity contribution in [2.24, 2.45) is 5.73 Å². The minimum absolute atomic E-state index is 0.0696. The lowest BCUT2D eigenvalue weighted by Crippen LogP contribution is -2.54. The van der Waals surface area contributed by atoms with Crippen LogP contribution in [0.25, 0.3) is 0 Å². The average Bonchev–Trinajstić information content (AvgIpc) is 2.26. The predicted molar refractivity (Wildman–Crippen MR) is 59.5 cm³/mol. The van der Waals surface area contributed by atoms with E-state index in [0.29, 0.717) is 6.54 Å². The molecule has 4 nitrogen and oxygen atoms in total. The van der Waals surface area contributed by atoms with Gasteiger partial charge in [0, 0.05) is 25.7 Å². The van der Waals surface area contributed by atoms with Gasteiger partial charge in [-0.3, -0.25) is 4.79 Å². The van der Waals surface area contributed by atoms with Gasteiger partial charge in [0.15, 0.2) is 0 Å². The standard InChI is InChI=1S/C11H22N2O2/c1-8-5-4-6-10(7-12)13(8)11(14)9(2)15-3/h8-10H,4-7,12H2,1-3H3. The molecule has 0 aromatic rings. The zero-order valence-electron chi connectivity index (χ0n) is 9.90. The van der Waals surface area contributed by atoms with E-state index in [0.717, 1.165) is 19.3 Å². The van der Waals surface area contributed by atoms with Crippen molar-refractivity contribution >= 4 is 5.91 Å². The van der Waals surface area contributed by atoms with E-state index < -0.39 is 0 Å². The summed E-state index contributed by atoms with van der Waals surface area (Å²) in [4.78, 5) is 14.0. The lowest BCUT2D eigenvalue weighted by atomic mass is 9.96. The number of ether oxygens (including phenoxy) is 1. The summed E-state index contributed by atoms with van der Waals surface area (Å²) in [5.74, 6) is 0.0696. The molecule has 88 valence electrons. The third-order valence-corrected chi connectivity index (χ3v) is 3.26. The summed E-state index contributed by atoms with van der Waals surface area (Å²) in [6, 6.07) is 0.483. The zero-order chi connectivity index (χ0) is 11.4. The highest BCUT2D eigenvalue weighted by atomic mass is 16.5. The summed E-state index contributed by atoms with van der Waals surface area (Å²) < 4.78 is 5.07. The summed E-state index contributed by atoms with van der Waals surface area (Å²) in [7, 11) is 1.56. The highest BCUT2D eigenvalue weighted by Gasteiger charge is 2.33. The van der Waals surface area contributed by atoms with Crippen LogP contribution in [0.1, 0.15) is 33.1 Å². The molecule has 1 aliphatic rings. The monoisotopic (exact) mass is 214 g/mol. The van der Waals surface area contributed by atoms with E-state index in [9.17, 15) is 4.79 Å². The van der Waals surface area contributed by atoms with Crippen LogP contribution in [-0.4, -0.2) is 42.6 Å². The zero-order valence-corrected chi connectivity index (χ0v) is 9.90. The van der Waals surface area contributed by atoms with Gasteiger partial charge in [-0.05, 0) is 33.1 Å². The first-order valence-corrected chi connectivity index (χ1v) is 5.66. The van der Waals surface area contributed by atoms with E-state index in [1.807, 2.05) is 4.90 Å². The summed E-state index contributed by atoms with van der Waals surface area (Å²) in [6.07, 6.45) is 2.88. The van der Waals surface area contributed by atoms with E-state index in [1.54, 1.807) is 14.0 Å². The Bertz CT molecular complexity index is 221. The highest BCUT2D eigenvalue weighted by molar-refractivity contribution is 5.81. The van der Waals surface area contributed by atoms with Crippen LogP contribution in [0.15, 0.2) is 0 Å². The summed E-state index contributed by atoms with van der Waals surface area (Å²) in [5.41, 5.74) is 5.70. The lowest BCUT2D eigenvalue weighted by Gasteiger charge is -2.41. The molecular formula is C11H22N2O2. The van der Waals surface area contributed by atoms with Crippen molar-refractivity contribution in [1.29, 1.82) is 0 Å². The van der Waals surface area contributed by atoms with Gasteiger partial charge in [-0.1, -0.05) is 0 Å². The number of methoxy groups -OCH3 is 1. The number of amides is 1. The molecule has 1 rings (SSSR count). The Labute approximate surface area is 91.8 Å². The fourth-order valence-corrected chi connectivity index (χ4v) is 2.23. The Morgan fingerprint density at radius 3 is 2.80 bits per heavy atom. The summed E-state index contributed by atoms with van der Waals surface area (Å²) in [6.45, 7) is 4.42. The van der Waals surface area contributed by atoms with Crippen molar-refractivity contribution in [3.8, 4) is 0 Å². The maximum Gasteiger partial charge on any atom is 0.251 e. The number of nitrogens with zero attached hydrogens (tertiary/aromatic N) is 1. The van der Waals surface area contributed by atoms with Crippen LogP contribution < -0.4 is 5.73 Å². The number of piperidine rings is 1. The van der Waals surface area contributed by atoms with Gasteiger partial charge in [0.25, 0.3) is 5.91 Å². The fourth-order valence-electron chi connectivity index (χ4n) is 2.23. The predicted octanol–water partition coefficient (Wildman–Crippen LogP) is 0.750. The third-order valence-electron chi connectivity index (χ3n) is 3.26. The Morgan fingerprint density at radius 2 is 2.27 bits per heavy atom. The molecule has 0 spiro atoms. The Kier molecular flexibility index (Phi) is 4.54. The van der Waals surface area contributed by atoms with Gasteiger partial charge in [0.2, 0.25) is 0 Å². The van der Waals surface area contributed by atoms with Crippen LogP contribution in [-0.2, 0) is 9.53 Å². The molecule has 15 heavy (non-hydrogen) atoms. The minimum atomic E-state index is -0.361. The summed E-state index contributed by atoms with van der Waals surface area (Å²) >= 11 is 0. The molecule has 0 radical (unpaired) electrons. The molecule has 0 aliphatic carbocycles. The molecule has 1 heterocycles. The van der Waals surface area contributed by atoms with Gasteiger partial charge in [-0.15, -0.1) is 0 Å². The van der Waals surface area contributed by atoms with Gasteiger partial charge < -0.3 is 15.4 Å². The second kappa shape index (κ2) is 5.47. The molecule has 2 N–H and O–H groups in total. The number of nitrogens with two attached hydrogens (primary N) is 1. The van der Waals surface area contributed by atoms with Crippen molar-refractivity contribution < 1.29 is 9.53 Å². The molecule has 0 bridgehead atoms. The summed E-state index contributed by atoms with van der Waals surface area (Å²) in [5, 5.41) is 0. The highest BCUT2D eigenvalue weighted by Crippen LogP contribution is 2.23. The van der Waals surface area contributed by atoms with Crippen LogP contribution in [0.2, 0.25) is 0 Å². The van der Waals surface area contributed by atoms with E-state index in [1.165, 1.54) is 0 Å². The van der Waals surface area contributed by atoms with Crippen molar-refractivity contribution in [2.45, 2.75) is 51.3 Å². The number of rotatable bonds is 3. The molecule has 0 aromatic heterocycles. The number of carbonyl (C=O) groups is 1. The number of hydrogen-bond acceptors (Lipinski definition) is 3. The first kappa shape index (κ1) is 12.5. The van der Waals surface area contributed by atoms with Crippen molar-refractivity contribution in [3.05, 3.63) is 0 Å². The largest absolute Gasteiger partial charge is 0.372 e. The molecular weight excluding hydrogens is 192 g/mol. The molecule has 3 atom stereocenters. The van der Waals surface area contributed by atoms with Crippen LogP contribution in [0.3, 0.4) is 0 Å². The maximum absolute atomic E-state index is 12.1. The minimum Gasteiger partial charge on any atom is -0.372 e. The molecule has 0 aromatic carbocycles. The Hall–Kier alpha value is -0.610. The Morgan fingerprint density at radius 1 is 1.60 bits per heavy atom. The maximum atomic E-state index is 12.1. The van der Waals surface area contributed by atoms with Crippen LogP contribution in [0.5, 0.6) is 0 Å². The fraction of sp³-hybridized carbons (Fsp3) is 0.909. The second-order valence-electron chi connectivity index (χ2n) is 4.29. The van der Waals surface area contributed by atoms with Crippen LogP contribution in [0, 0.1) is 0 Å². The second-order valence-corrected chi connectivity index (χ2v) is 4.29. The van der Waals surface area contributed by atoms with Gasteiger partial charge >= 0.3 is 0 Å². The molecule has 1 fully saturated rings. The van der Waals surface area contributed by atoms with E-state index in [4.69, 9.17) is 10.5 Å². The molecule has 3 unspecified atom stereocenters. The van der Waals surface area contributed by atoms with E-state index in [2.05, 4.69) is 6.92 Å². The van der Waals surface area contributed by atoms with Crippen LogP contribution in [0.4, 0.5) is 0 Å². The SMILES string of the molecule is COC(C)C(=O)N1C(C)CCCC1CN. The van der Waals surface area contributed by atoms with Gasteiger partial charge in [-0.2, -0.15) is 0 Å². The first-order chi connectivity index (χ1) is 7.11. The van der Waals surface area contributed by atoms with E-state index >= 15 is 0 Å². The number of likely N-dealkylation sites (tertiary alicyclic amines) is 1. The molecule has 1 amide bonds. The van der Waals surface area contributed by atoms with Gasteiger partial charge in [0.1, 0.15) is 6.10 Å². The van der Waals surface area contributed by atoms with Crippen molar-refractivity contribution in [2.75, 3.05) is 13.7 Å². The normalized spacial score (nSPS) is 28.9. The lowest BCUT2D eigenvalue weighted by molar-refractivity contribution is -0.147. The number of hydrogen-bond donors (Lipinski definition) is 1. The smallest absolute Gasteiger partial charge is 0.251 e. The van der Waals surface area contributed by atoms with Crippen molar-refractivity contribution in [1.82, 2.24) is 4.90 Å². The Balaban J connectivity index is 2.73. The topological polar surface area (TPSA) is 55.6 Å². The van der Waals surface area contributed by atoms with Crippen molar-refractivity contribution in [3.63, 3.8) is 0 Å². The molecule has 1 aliphatic heterocycles. The quantitative estimate of drug-likeness (QED) is 0.754.